The monoisotopic (exact) mass is 431 g/mol. The van der Waals surface area contributed by atoms with Gasteiger partial charge in [0.25, 0.3) is 0 Å². The first kappa shape index (κ1) is 20.0. The zero-order valence-corrected chi connectivity index (χ0v) is 16.7. The van der Waals surface area contributed by atoms with E-state index in [1.165, 1.54) is 11.0 Å². The van der Waals surface area contributed by atoms with Crippen LogP contribution in [0.15, 0.2) is 42.5 Å². The van der Waals surface area contributed by atoms with Crippen LogP contribution in [0.4, 0.5) is 23.2 Å². The molecule has 0 spiro atoms. The van der Waals surface area contributed by atoms with Crippen molar-refractivity contribution in [2.75, 3.05) is 4.90 Å². The fourth-order valence-corrected chi connectivity index (χ4v) is 4.85. The summed E-state index contributed by atoms with van der Waals surface area (Å²) < 4.78 is 56.9. The molecule has 3 aromatic rings. The summed E-state index contributed by atoms with van der Waals surface area (Å²) in [6.07, 6.45) is 0.943. The van der Waals surface area contributed by atoms with Gasteiger partial charge in [0, 0.05) is 37.1 Å². The average molecular weight is 431 g/mol. The second-order valence-corrected chi connectivity index (χ2v) is 8.33. The Hall–Kier alpha value is -2.90. The molecule has 4 nitrogen and oxygen atoms in total. The number of benzene rings is 2. The largest absolute Gasteiger partial charge is 0.323 e. The van der Waals surface area contributed by atoms with Gasteiger partial charge in [0.1, 0.15) is 5.82 Å². The van der Waals surface area contributed by atoms with Crippen molar-refractivity contribution in [3.8, 4) is 0 Å². The Balaban J connectivity index is 1.60. The molecule has 2 fully saturated rings. The van der Waals surface area contributed by atoms with Gasteiger partial charge in [-0.1, -0.05) is 12.1 Å². The van der Waals surface area contributed by atoms with E-state index in [0.29, 0.717) is 25.1 Å². The van der Waals surface area contributed by atoms with Gasteiger partial charge in [-0.25, -0.2) is 22.5 Å². The molecule has 0 bridgehead atoms. The van der Waals surface area contributed by atoms with Gasteiger partial charge in [-0.15, -0.1) is 0 Å². The number of hydrogen-bond donors (Lipinski definition) is 0. The molecule has 2 aliphatic rings. The fraction of sp³-hybridized carbons (Fsp3) is 0.391. The summed E-state index contributed by atoms with van der Waals surface area (Å²) in [5, 5.41) is 0. The van der Waals surface area contributed by atoms with Crippen LogP contribution in [-0.4, -0.2) is 21.4 Å². The molecule has 8 heteroatoms. The SMILES string of the molecule is O=C1CCC(c2nc3ccccc3n2C2CCC(F)(F)CC2)N1c1ccc(F)c(F)c1. The lowest BCUT2D eigenvalue weighted by atomic mass is 9.91. The number of nitrogens with zero attached hydrogens (tertiary/aromatic N) is 3. The minimum Gasteiger partial charge on any atom is -0.323 e. The van der Waals surface area contributed by atoms with E-state index >= 15 is 0 Å². The highest BCUT2D eigenvalue weighted by atomic mass is 19.3. The topological polar surface area (TPSA) is 38.1 Å². The third kappa shape index (κ3) is 3.47. The molecular weight excluding hydrogens is 410 g/mol. The lowest BCUT2D eigenvalue weighted by Gasteiger charge is -2.32. The number of halogens is 4. The Morgan fingerprint density at radius 2 is 1.71 bits per heavy atom. The van der Waals surface area contributed by atoms with Crippen LogP contribution in [0.5, 0.6) is 0 Å². The summed E-state index contributed by atoms with van der Waals surface area (Å²) in [5.41, 5.74) is 1.82. The lowest BCUT2D eigenvalue weighted by molar-refractivity contribution is -0.117. The fourth-order valence-electron chi connectivity index (χ4n) is 4.85. The lowest BCUT2D eigenvalue weighted by Crippen LogP contribution is -2.32. The predicted octanol–water partition coefficient (Wildman–Crippen LogP) is 5.93. The van der Waals surface area contributed by atoms with Gasteiger partial charge in [-0.3, -0.25) is 4.79 Å². The molecule has 31 heavy (non-hydrogen) atoms. The summed E-state index contributed by atoms with van der Waals surface area (Å²) in [6, 6.07) is 10.2. The number of anilines is 1. The van der Waals surface area contributed by atoms with E-state index in [1.807, 2.05) is 28.8 Å². The smallest absolute Gasteiger partial charge is 0.248 e. The van der Waals surface area contributed by atoms with E-state index < -0.39 is 23.6 Å². The second-order valence-electron chi connectivity index (χ2n) is 8.33. The molecule has 1 aliphatic carbocycles. The first-order chi connectivity index (χ1) is 14.8. The summed E-state index contributed by atoms with van der Waals surface area (Å²) in [7, 11) is 0. The molecule has 1 aliphatic heterocycles. The van der Waals surface area contributed by atoms with Crippen LogP contribution in [0.2, 0.25) is 0 Å². The number of carbonyl (C=O) groups excluding carboxylic acids is 1. The van der Waals surface area contributed by atoms with E-state index in [0.717, 1.165) is 23.2 Å². The average Bonchev–Trinajstić information content (AvgIpc) is 3.31. The van der Waals surface area contributed by atoms with Crippen LogP contribution in [0.25, 0.3) is 11.0 Å². The van der Waals surface area contributed by atoms with Crippen molar-refractivity contribution in [1.29, 1.82) is 0 Å². The normalized spacial score (nSPS) is 21.9. The van der Waals surface area contributed by atoms with E-state index in [2.05, 4.69) is 0 Å². The van der Waals surface area contributed by atoms with Gasteiger partial charge >= 0.3 is 0 Å². The Kier molecular flexibility index (Phi) is 4.75. The molecule has 0 radical (unpaired) electrons. The van der Waals surface area contributed by atoms with Gasteiger partial charge in [-0.05, 0) is 43.5 Å². The van der Waals surface area contributed by atoms with Crippen molar-refractivity contribution in [3.63, 3.8) is 0 Å². The number of alkyl halides is 2. The Morgan fingerprint density at radius 1 is 0.968 bits per heavy atom. The summed E-state index contributed by atoms with van der Waals surface area (Å²) >= 11 is 0. The highest BCUT2D eigenvalue weighted by Crippen LogP contribution is 2.44. The van der Waals surface area contributed by atoms with Crippen molar-refractivity contribution < 1.29 is 22.4 Å². The molecule has 1 unspecified atom stereocenters. The maximum absolute atomic E-state index is 13.9. The number of fused-ring (bicyclic) bond motifs is 1. The molecule has 1 amide bonds. The maximum atomic E-state index is 13.9. The number of rotatable bonds is 3. The molecule has 1 saturated carbocycles. The summed E-state index contributed by atoms with van der Waals surface area (Å²) in [5.74, 6) is -4.27. The van der Waals surface area contributed by atoms with E-state index in [4.69, 9.17) is 4.98 Å². The molecule has 2 aromatic carbocycles. The van der Waals surface area contributed by atoms with Crippen LogP contribution < -0.4 is 4.90 Å². The highest BCUT2D eigenvalue weighted by molar-refractivity contribution is 5.96. The molecule has 1 aromatic heterocycles. The second kappa shape index (κ2) is 7.35. The highest BCUT2D eigenvalue weighted by Gasteiger charge is 2.40. The van der Waals surface area contributed by atoms with Crippen molar-refractivity contribution >= 4 is 22.6 Å². The van der Waals surface area contributed by atoms with Gasteiger partial charge in [0.2, 0.25) is 11.8 Å². The number of amides is 1. The number of hydrogen-bond acceptors (Lipinski definition) is 2. The zero-order chi connectivity index (χ0) is 21.8. The van der Waals surface area contributed by atoms with Crippen LogP contribution in [0, 0.1) is 11.6 Å². The van der Waals surface area contributed by atoms with Crippen LogP contribution in [0.3, 0.4) is 0 Å². The molecule has 0 N–H and O–H groups in total. The molecule has 162 valence electrons. The minimum absolute atomic E-state index is 0.162. The molecular formula is C23H21F4N3O. The third-order valence-electron chi connectivity index (χ3n) is 6.37. The van der Waals surface area contributed by atoms with Crippen molar-refractivity contribution in [3.05, 3.63) is 59.9 Å². The number of imidazole rings is 1. The summed E-state index contributed by atoms with van der Waals surface area (Å²) in [4.78, 5) is 18.9. The minimum atomic E-state index is -2.66. The standard InChI is InChI=1S/C23H21F4N3O/c24-16-6-5-15(13-17(16)25)29-20(7-8-21(29)31)22-28-18-3-1-2-4-19(18)30(22)14-9-11-23(26,27)12-10-14/h1-6,13-14,20H,7-12H2. The van der Waals surface area contributed by atoms with Crippen molar-refractivity contribution in [1.82, 2.24) is 9.55 Å². The Bertz CT molecular complexity index is 1150. The van der Waals surface area contributed by atoms with Gasteiger partial charge < -0.3 is 9.47 Å². The van der Waals surface area contributed by atoms with Crippen molar-refractivity contribution in [2.45, 2.75) is 56.5 Å². The number of carbonyl (C=O) groups is 1. The van der Waals surface area contributed by atoms with E-state index in [-0.39, 0.29) is 36.9 Å². The molecule has 5 rings (SSSR count). The molecule has 1 saturated heterocycles. The maximum Gasteiger partial charge on any atom is 0.248 e. The quantitative estimate of drug-likeness (QED) is 0.482. The number of aromatic nitrogens is 2. The molecule has 2 heterocycles. The predicted molar refractivity (Wildman–Crippen MR) is 108 cm³/mol. The third-order valence-corrected chi connectivity index (χ3v) is 6.37. The van der Waals surface area contributed by atoms with Crippen LogP contribution in [-0.2, 0) is 4.79 Å². The van der Waals surface area contributed by atoms with Crippen LogP contribution in [0.1, 0.15) is 56.4 Å². The van der Waals surface area contributed by atoms with Crippen molar-refractivity contribution in [2.24, 2.45) is 0 Å². The van der Waals surface area contributed by atoms with Gasteiger partial charge in [0.15, 0.2) is 11.6 Å². The Morgan fingerprint density at radius 3 is 2.45 bits per heavy atom. The first-order valence-electron chi connectivity index (χ1n) is 10.5. The zero-order valence-electron chi connectivity index (χ0n) is 16.7. The van der Waals surface area contributed by atoms with Gasteiger partial charge in [-0.2, -0.15) is 0 Å². The Labute approximate surface area is 176 Å². The van der Waals surface area contributed by atoms with Gasteiger partial charge in [0.05, 0.1) is 17.1 Å². The molecule has 1 atom stereocenters. The number of para-hydroxylation sites is 2. The van der Waals surface area contributed by atoms with Crippen LogP contribution >= 0.6 is 0 Å². The first-order valence-corrected chi connectivity index (χ1v) is 10.5. The summed E-state index contributed by atoms with van der Waals surface area (Å²) in [6.45, 7) is 0. The van der Waals surface area contributed by atoms with E-state index in [9.17, 15) is 22.4 Å². The van der Waals surface area contributed by atoms with E-state index in [1.54, 1.807) is 0 Å².